The van der Waals surface area contributed by atoms with Crippen LogP contribution in [0, 0.1) is 5.82 Å². The van der Waals surface area contributed by atoms with Crippen molar-refractivity contribution in [3.8, 4) is 5.75 Å². The number of halogens is 3. The highest BCUT2D eigenvalue weighted by molar-refractivity contribution is 6.30. The van der Waals surface area contributed by atoms with Gasteiger partial charge in [-0.2, -0.15) is 0 Å². The minimum Gasteiger partial charge on any atom is -0.482 e. The molecule has 0 aromatic heterocycles. The second kappa shape index (κ2) is 12.3. The predicted molar refractivity (Wildman–Crippen MR) is 136 cm³/mol. The lowest BCUT2D eigenvalue weighted by molar-refractivity contribution is -0.139. The lowest BCUT2D eigenvalue weighted by atomic mass is 10.1. The summed E-state index contributed by atoms with van der Waals surface area (Å²) in [5.41, 5.74) is 2.00. The lowest BCUT2D eigenvalue weighted by Gasteiger charge is -2.27. The molecule has 0 unspecified atom stereocenters. The fourth-order valence-corrected chi connectivity index (χ4v) is 3.64. The Labute approximate surface area is 212 Å². The van der Waals surface area contributed by atoms with E-state index in [2.05, 4.69) is 15.5 Å². The van der Waals surface area contributed by atoms with Crippen LogP contribution in [0.25, 0.3) is 0 Å². The Hall–Kier alpha value is -3.49. The van der Waals surface area contributed by atoms with Gasteiger partial charge in [0, 0.05) is 29.2 Å². The van der Waals surface area contributed by atoms with Crippen LogP contribution in [0.4, 0.5) is 26.2 Å². The maximum Gasteiger partial charge on any atom is 0.341 e. The molecule has 0 fully saturated rings. The molecule has 35 heavy (non-hydrogen) atoms. The van der Waals surface area contributed by atoms with Crippen LogP contribution in [0.3, 0.4) is 0 Å². The Morgan fingerprint density at radius 2 is 1.66 bits per heavy atom. The van der Waals surface area contributed by atoms with Crippen molar-refractivity contribution < 1.29 is 23.8 Å². The number of nitrogens with one attached hydrogen (secondary N) is 2. The van der Waals surface area contributed by atoms with Crippen LogP contribution < -0.4 is 20.3 Å². The first kappa shape index (κ1) is 26.1. The number of hydrogen-bond acceptors (Lipinski definition) is 4. The second-order valence-corrected chi connectivity index (χ2v) is 8.49. The summed E-state index contributed by atoms with van der Waals surface area (Å²) in [6, 6.07) is 15.6. The minimum absolute atomic E-state index is 0.0432. The average molecular weight is 520 g/mol. The standard InChI is InChI=1S/C25H24Cl2FN3O4/c1-2-11-31(14-16-3-5-17(26)6-4-16)23-10-8-19(35-15-24(32)33)13-22(23)30-25(34)29-21-9-7-18(27)12-20(21)28/h3-10,12-13H,2,11,14-15H2,1H3,(H,32,33)(H2,29,30,34). The van der Waals surface area contributed by atoms with Crippen molar-refractivity contribution in [1.29, 1.82) is 0 Å². The molecule has 3 aromatic carbocycles. The monoisotopic (exact) mass is 519 g/mol. The number of hydrogen-bond donors (Lipinski definition) is 3. The van der Waals surface area contributed by atoms with Gasteiger partial charge in [0.15, 0.2) is 6.61 Å². The molecule has 2 amide bonds. The number of carboxylic acid groups (broad SMARTS) is 1. The highest BCUT2D eigenvalue weighted by Crippen LogP contribution is 2.32. The average Bonchev–Trinajstić information content (AvgIpc) is 2.81. The summed E-state index contributed by atoms with van der Waals surface area (Å²) >= 11 is 11.8. The number of carbonyl (C=O) groups is 2. The first-order valence-electron chi connectivity index (χ1n) is 10.8. The third-order valence-corrected chi connectivity index (χ3v) is 5.37. The Balaban J connectivity index is 1.90. The zero-order valence-corrected chi connectivity index (χ0v) is 20.4. The van der Waals surface area contributed by atoms with Crippen molar-refractivity contribution in [2.45, 2.75) is 19.9 Å². The molecule has 10 heteroatoms. The first-order valence-corrected chi connectivity index (χ1v) is 11.5. The maximum atomic E-state index is 14.1. The zero-order valence-electron chi connectivity index (χ0n) is 18.9. The van der Waals surface area contributed by atoms with Crippen molar-refractivity contribution in [2.24, 2.45) is 0 Å². The van der Waals surface area contributed by atoms with Gasteiger partial charge in [-0.15, -0.1) is 0 Å². The van der Waals surface area contributed by atoms with Crippen LogP contribution >= 0.6 is 23.2 Å². The highest BCUT2D eigenvalue weighted by atomic mass is 35.5. The van der Waals surface area contributed by atoms with Gasteiger partial charge < -0.3 is 25.4 Å². The number of urea groups is 1. The van der Waals surface area contributed by atoms with Crippen LogP contribution in [0.15, 0.2) is 60.7 Å². The van der Waals surface area contributed by atoms with Crippen molar-refractivity contribution in [1.82, 2.24) is 0 Å². The summed E-state index contributed by atoms with van der Waals surface area (Å²) in [4.78, 5) is 25.7. The fraction of sp³-hybridized carbons (Fsp3) is 0.200. The van der Waals surface area contributed by atoms with Gasteiger partial charge in [-0.1, -0.05) is 42.3 Å². The van der Waals surface area contributed by atoms with E-state index in [9.17, 15) is 14.0 Å². The van der Waals surface area contributed by atoms with Crippen molar-refractivity contribution in [3.63, 3.8) is 0 Å². The molecule has 184 valence electrons. The van der Waals surface area contributed by atoms with E-state index in [1.165, 1.54) is 18.2 Å². The number of rotatable bonds is 10. The van der Waals surface area contributed by atoms with Crippen molar-refractivity contribution >= 4 is 52.3 Å². The number of nitrogens with zero attached hydrogens (tertiary/aromatic N) is 1. The summed E-state index contributed by atoms with van der Waals surface area (Å²) in [6.45, 7) is 2.69. The summed E-state index contributed by atoms with van der Waals surface area (Å²) in [7, 11) is 0. The van der Waals surface area contributed by atoms with E-state index in [-0.39, 0.29) is 16.5 Å². The molecule has 0 aliphatic heterocycles. The van der Waals surface area contributed by atoms with E-state index in [0.29, 0.717) is 29.5 Å². The van der Waals surface area contributed by atoms with Crippen LogP contribution in [0.1, 0.15) is 18.9 Å². The molecule has 0 atom stereocenters. The SMILES string of the molecule is CCCN(Cc1ccc(Cl)cc1)c1ccc(OCC(=O)O)cc1NC(=O)Nc1ccc(Cl)cc1F. The molecule has 7 nitrogen and oxygen atoms in total. The van der Waals surface area contributed by atoms with Crippen LogP contribution in [0.2, 0.25) is 10.0 Å². The van der Waals surface area contributed by atoms with E-state index in [0.717, 1.165) is 18.1 Å². The predicted octanol–water partition coefficient (Wildman–Crippen LogP) is 6.66. The van der Waals surface area contributed by atoms with Gasteiger partial charge in [0.2, 0.25) is 0 Å². The molecular formula is C25H24Cl2FN3O4. The molecule has 0 aliphatic rings. The molecule has 0 heterocycles. The maximum absolute atomic E-state index is 14.1. The van der Waals surface area contributed by atoms with Gasteiger partial charge in [0.25, 0.3) is 0 Å². The quantitative estimate of drug-likeness (QED) is 0.278. The van der Waals surface area contributed by atoms with Crippen LogP contribution in [0.5, 0.6) is 5.75 Å². The van der Waals surface area contributed by atoms with Gasteiger partial charge in [-0.25, -0.2) is 14.0 Å². The van der Waals surface area contributed by atoms with Gasteiger partial charge >= 0.3 is 12.0 Å². The van der Waals surface area contributed by atoms with Crippen molar-refractivity contribution in [3.05, 3.63) is 82.1 Å². The number of benzene rings is 3. The van der Waals surface area contributed by atoms with E-state index >= 15 is 0 Å². The van der Waals surface area contributed by atoms with Crippen molar-refractivity contribution in [2.75, 3.05) is 28.7 Å². The van der Waals surface area contributed by atoms with Gasteiger partial charge in [-0.05, 0) is 54.4 Å². The molecule has 0 saturated heterocycles. The molecule has 3 aromatic rings. The molecule has 0 radical (unpaired) electrons. The topological polar surface area (TPSA) is 90.9 Å². The van der Waals surface area contributed by atoms with E-state index in [1.54, 1.807) is 24.3 Å². The molecule has 0 spiro atoms. The Kier molecular flexibility index (Phi) is 9.17. The molecule has 0 bridgehead atoms. The van der Waals surface area contributed by atoms with E-state index in [4.69, 9.17) is 33.0 Å². The normalized spacial score (nSPS) is 10.5. The fourth-order valence-electron chi connectivity index (χ4n) is 3.36. The number of carbonyl (C=O) groups excluding carboxylic acids is 1. The molecule has 0 aliphatic carbocycles. The molecular weight excluding hydrogens is 496 g/mol. The lowest BCUT2D eigenvalue weighted by Crippen LogP contribution is -2.27. The molecule has 3 N–H and O–H groups in total. The third-order valence-electron chi connectivity index (χ3n) is 4.88. The Morgan fingerprint density at radius 3 is 2.31 bits per heavy atom. The summed E-state index contributed by atoms with van der Waals surface area (Å²) in [5.74, 6) is -1.55. The molecule has 0 saturated carbocycles. The van der Waals surface area contributed by atoms with Gasteiger partial charge in [0.05, 0.1) is 17.1 Å². The van der Waals surface area contributed by atoms with Crippen LogP contribution in [-0.2, 0) is 11.3 Å². The number of anilines is 3. The highest BCUT2D eigenvalue weighted by Gasteiger charge is 2.16. The number of amides is 2. The Bertz CT molecular complexity index is 1190. The Morgan fingerprint density at radius 1 is 0.971 bits per heavy atom. The summed E-state index contributed by atoms with van der Waals surface area (Å²) in [6.07, 6.45) is 0.826. The minimum atomic E-state index is -1.13. The van der Waals surface area contributed by atoms with E-state index in [1.807, 2.05) is 19.1 Å². The van der Waals surface area contributed by atoms with Gasteiger partial charge in [-0.3, -0.25) is 0 Å². The largest absolute Gasteiger partial charge is 0.482 e. The number of aliphatic carboxylic acids is 1. The smallest absolute Gasteiger partial charge is 0.341 e. The van der Waals surface area contributed by atoms with E-state index < -0.39 is 24.4 Å². The number of carboxylic acids is 1. The third kappa shape index (κ3) is 7.77. The number of ether oxygens (including phenoxy) is 1. The second-order valence-electron chi connectivity index (χ2n) is 7.61. The van der Waals surface area contributed by atoms with Crippen LogP contribution in [-0.4, -0.2) is 30.3 Å². The molecule has 3 rings (SSSR count). The summed E-state index contributed by atoms with van der Waals surface area (Å²) in [5, 5.41) is 14.9. The summed E-state index contributed by atoms with van der Waals surface area (Å²) < 4.78 is 19.4. The van der Waals surface area contributed by atoms with Gasteiger partial charge in [0.1, 0.15) is 11.6 Å². The zero-order chi connectivity index (χ0) is 25.4. The first-order chi connectivity index (χ1) is 16.7.